The van der Waals surface area contributed by atoms with Gasteiger partial charge in [0.2, 0.25) is 5.43 Å². The van der Waals surface area contributed by atoms with Gasteiger partial charge in [0.15, 0.2) is 6.04 Å². The van der Waals surface area contributed by atoms with E-state index < -0.39 is 34.8 Å². The van der Waals surface area contributed by atoms with Crippen LogP contribution >= 0.6 is 0 Å². The highest BCUT2D eigenvalue weighted by molar-refractivity contribution is 6.00. The molecule has 0 saturated heterocycles. The minimum absolute atomic E-state index is 0.0904. The van der Waals surface area contributed by atoms with Crippen LogP contribution in [0.2, 0.25) is 0 Å². The van der Waals surface area contributed by atoms with Gasteiger partial charge in [-0.2, -0.15) is 0 Å². The molecule has 1 aromatic heterocycles. The Bertz CT molecular complexity index is 1100. The van der Waals surface area contributed by atoms with Crippen LogP contribution < -0.4 is 16.1 Å². The minimum Gasteiger partial charge on any atom is -0.467 e. The molecule has 34 heavy (non-hydrogen) atoms. The predicted molar refractivity (Wildman–Crippen MR) is 129 cm³/mol. The Hall–Kier alpha value is -3.42. The second-order valence-corrected chi connectivity index (χ2v) is 9.70. The molecule has 1 aliphatic carbocycles. The van der Waals surface area contributed by atoms with Gasteiger partial charge >= 0.3 is 5.97 Å². The Balaban J connectivity index is 2.03. The van der Waals surface area contributed by atoms with Crippen molar-refractivity contribution < 1.29 is 19.1 Å². The zero-order chi connectivity index (χ0) is 24.9. The van der Waals surface area contributed by atoms with Crippen molar-refractivity contribution in [3.05, 3.63) is 69.6 Å². The Morgan fingerprint density at radius 2 is 1.56 bits per heavy atom. The van der Waals surface area contributed by atoms with Gasteiger partial charge in [-0.25, -0.2) is 4.79 Å². The number of nitrogens with one attached hydrogen (secondary N) is 2. The van der Waals surface area contributed by atoms with Crippen molar-refractivity contribution in [2.75, 3.05) is 7.11 Å². The van der Waals surface area contributed by atoms with E-state index in [0.29, 0.717) is 5.56 Å². The fraction of sp³-hybridized carbons (Fsp3) is 0.462. The Labute approximate surface area is 199 Å². The molecule has 8 nitrogen and oxygen atoms in total. The smallest absolute Gasteiger partial charge is 0.333 e. The Morgan fingerprint density at radius 1 is 0.971 bits per heavy atom. The number of methoxy groups -OCH3 is 1. The molecule has 0 bridgehead atoms. The van der Waals surface area contributed by atoms with Crippen molar-refractivity contribution in [2.24, 2.45) is 0 Å². The van der Waals surface area contributed by atoms with Crippen LogP contribution in [-0.2, 0) is 9.53 Å². The summed E-state index contributed by atoms with van der Waals surface area (Å²) in [7, 11) is 1.23. The number of nitrogens with zero attached hydrogens (tertiary/aromatic N) is 1. The molecule has 2 amide bonds. The standard InChI is InChI=1S/C26H33N3O5/c1-26(2,3)28-24(32)20-16-29(18-13-9-6-10-14-18)15-19(22(20)30)23(31)27-21(25(33)34-4)17-11-7-5-8-12-17/h5,7-8,11-12,15-16,18,21H,6,9-10,13-14H2,1-4H3,(H,27,31)(H,28,32)/t21-/m0/s1. The number of carbonyl (C=O) groups is 3. The third kappa shape index (κ3) is 6.12. The van der Waals surface area contributed by atoms with Gasteiger partial charge < -0.3 is 19.9 Å². The molecule has 1 atom stereocenters. The normalized spacial score (nSPS) is 15.3. The zero-order valence-corrected chi connectivity index (χ0v) is 20.2. The molecule has 2 N–H and O–H groups in total. The molecule has 0 radical (unpaired) electrons. The third-order valence-corrected chi connectivity index (χ3v) is 5.86. The van der Waals surface area contributed by atoms with Crippen LogP contribution in [0.3, 0.4) is 0 Å². The van der Waals surface area contributed by atoms with Gasteiger partial charge in [0.1, 0.15) is 11.1 Å². The predicted octanol–water partition coefficient (Wildman–Crippen LogP) is 3.53. The molecule has 8 heteroatoms. The number of hydrogen-bond acceptors (Lipinski definition) is 5. The molecule has 182 valence electrons. The number of pyridine rings is 1. The van der Waals surface area contributed by atoms with Crippen LogP contribution in [0.25, 0.3) is 0 Å². The largest absolute Gasteiger partial charge is 0.467 e. The number of amides is 2. The van der Waals surface area contributed by atoms with E-state index in [1.54, 1.807) is 36.5 Å². The van der Waals surface area contributed by atoms with Gasteiger partial charge in [-0.15, -0.1) is 0 Å². The SMILES string of the molecule is COC(=O)[C@@H](NC(=O)c1cn(C2CCCCC2)cc(C(=O)NC(C)(C)C)c1=O)c1ccccc1. The molecular weight excluding hydrogens is 434 g/mol. The van der Waals surface area contributed by atoms with E-state index in [4.69, 9.17) is 4.74 Å². The number of carbonyl (C=O) groups excluding carboxylic acids is 3. The first kappa shape index (κ1) is 25.2. The summed E-state index contributed by atoms with van der Waals surface area (Å²) >= 11 is 0. The van der Waals surface area contributed by atoms with Crippen LogP contribution in [0.5, 0.6) is 0 Å². The fourth-order valence-electron chi connectivity index (χ4n) is 4.17. The number of benzene rings is 1. The lowest BCUT2D eigenvalue weighted by Crippen LogP contribution is -2.44. The van der Waals surface area contributed by atoms with Crippen LogP contribution in [0.1, 0.15) is 91.2 Å². The quantitative estimate of drug-likeness (QED) is 0.632. The first-order chi connectivity index (χ1) is 16.1. The number of ether oxygens (including phenoxy) is 1. The summed E-state index contributed by atoms with van der Waals surface area (Å²) in [5.74, 6) is -1.93. The van der Waals surface area contributed by atoms with Gasteiger partial charge in [0.05, 0.1) is 7.11 Å². The van der Waals surface area contributed by atoms with E-state index in [2.05, 4.69) is 10.6 Å². The second kappa shape index (κ2) is 10.7. The maximum absolute atomic E-state index is 13.3. The maximum Gasteiger partial charge on any atom is 0.333 e. The van der Waals surface area contributed by atoms with E-state index in [9.17, 15) is 19.2 Å². The van der Waals surface area contributed by atoms with Gasteiger partial charge in [-0.1, -0.05) is 49.6 Å². The van der Waals surface area contributed by atoms with Crippen molar-refractivity contribution in [1.82, 2.24) is 15.2 Å². The topological polar surface area (TPSA) is 106 Å². The highest BCUT2D eigenvalue weighted by atomic mass is 16.5. The lowest BCUT2D eigenvalue weighted by atomic mass is 9.95. The Kier molecular flexibility index (Phi) is 7.91. The highest BCUT2D eigenvalue weighted by Crippen LogP contribution is 2.28. The van der Waals surface area contributed by atoms with Crippen molar-refractivity contribution in [1.29, 1.82) is 0 Å². The van der Waals surface area contributed by atoms with Gasteiger partial charge in [0.25, 0.3) is 11.8 Å². The van der Waals surface area contributed by atoms with Crippen molar-refractivity contribution in [3.63, 3.8) is 0 Å². The number of rotatable bonds is 6. The third-order valence-electron chi connectivity index (χ3n) is 5.86. The number of aromatic nitrogens is 1. The lowest BCUT2D eigenvalue weighted by Gasteiger charge is -2.26. The summed E-state index contributed by atoms with van der Waals surface area (Å²) in [4.78, 5) is 52.0. The molecule has 0 unspecified atom stereocenters. The summed E-state index contributed by atoms with van der Waals surface area (Å²) < 4.78 is 6.68. The highest BCUT2D eigenvalue weighted by Gasteiger charge is 2.28. The first-order valence-electron chi connectivity index (χ1n) is 11.6. The maximum atomic E-state index is 13.3. The molecule has 1 saturated carbocycles. The van der Waals surface area contributed by atoms with Gasteiger partial charge in [0, 0.05) is 24.0 Å². The average Bonchev–Trinajstić information content (AvgIpc) is 2.82. The van der Waals surface area contributed by atoms with E-state index in [-0.39, 0.29) is 17.2 Å². The summed E-state index contributed by atoms with van der Waals surface area (Å²) in [5.41, 5.74) is -0.986. The zero-order valence-electron chi connectivity index (χ0n) is 20.2. The molecule has 1 aliphatic rings. The lowest BCUT2D eigenvalue weighted by molar-refractivity contribution is -0.143. The minimum atomic E-state index is -1.09. The monoisotopic (exact) mass is 467 g/mol. The van der Waals surface area contributed by atoms with Crippen LogP contribution in [0, 0.1) is 0 Å². The van der Waals surface area contributed by atoms with Gasteiger partial charge in [-0.05, 0) is 39.2 Å². The van der Waals surface area contributed by atoms with E-state index in [0.717, 1.165) is 32.1 Å². The van der Waals surface area contributed by atoms with E-state index >= 15 is 0 Å². The summed E-state index contributed by atoms with van der Waals surface area (Å²) in [6, 6.07) is 7.65. The molecular formula is C26H33N3O5. The van der Waals surface area contributed by atoms with Crippen molar-refractivity contribution >= 4 is 17.8 Å². The Morgan fingerprint density at radius 3 is 2.12 bits per heavy atom. The molecule has 0 spiro atoms. The molecule has 1 fully saturated rings. The van der Waals surface area contributed by atoms with E-state index in [1.165, 1.54) is 13.3 Å². The summed E-state index contributed by atoms with van der Waals surface area (Å²) in [6.07, 6.45) is 8.07. The summed E-state index contributed by atoms with van der Waals surface area (Å²) in [6.45, 7) is 5.46. The number of hydrogen-bond donors (Lipinski definition) is 2. The van der Waals surface area contributed by atoms with E-state index in [1.807, 2.05) is 25.3 Å². The second-order valence-electron chi connectivity index (χ2n) is 9.70. The van der Waals surface area contributed by atoms with Crippen molar-refractivity contribution in [3.8, 4) is 0 Å². The molecule has 1 aromatic carbocycles. The number of esters is 1. The fourth-order valence-corrected chi connectivity index (χ4v) is 4.17. The molecule has 3 rings (SSSR count). The van der Waals surface area contributed by atoms with Gasteiger partial charge in [-0.3, -0.25) is 14.4 Å². The first-order valence-corrected chi connectivity index (χ1v) is 11.6. The molecule has 1 heterocycles. The van der Waals surface area contributed by atoms with Crippen LogP contribution in [0.4, 0.5) is 0 Å². The van der Waals surface area contributed by atoms with Crippen molar-refractivity contribution in [2.45, 2.75) is 70.5 Å². The average molecular weight is 468 g/mol. The van der Waals surface area contributed by atoms with Crippen LogP contribution in [0.15, 0.2) is 47.5 Å². The molecule has 0 aliphatic heterocycles. The summed E-state index contributed by atoms with van der Waals surface area (Å²) in [5, 5.41) is 5.44. The molecule has 2 aromatic rings. The van der Waals surface area contributed by atoms with Crippen LogP contribution in [-0.4, -0.2) is 35.0 Å².